The van der Waals surface area contributed by atoms with Crippen molar-refractivity contribution in [3.8, 4) is 0 Å². The number of unbranched alkanes of at least 4 members (excludes halogenated alkanes) is 28. The molecule has 0 aromatic carbocycles. The molecule has 0 fully saturated rings. The smallest absolute Gasteiger partial charge is 0.462 e. The van der Waals surface area contributed by atoms with Gasteiger partial charge in [-0.05, 0) is 122 Å². The summed E-state index contributed by atoms with van der Waals surface area (Å²) in [4.78, 5) is 73.0. The van der Waals surface area contributed by atoms with Crippen LogP contribution in [-0.4, -0.2) is 96.7 Å². The van der Waals surface area contributed by atoms with Crippen molar-refractivity contribution in [2.75, 3.05) is 39.6 Å². The molecule has 0 radical (unpaired) electrons. The van der Waals surface area contributed by atoms with Crippen LogP contribution in [0.25, 0.3) is 0 Å². The zero-order valence-electron chi connectivity index (χ0n) is 65.2. The van der Waals surface area contributed by atoms with Crippen molar-refractivity contribution in [2.24, 2.45) is 0 Å². The van der Waals surface area contributed by atoms with E-state index in [0.717, 1.165) is 161 Å². The van der Waals surface area contributed by atoms with Crippen LogP contribution in [0.4, 0.5) is 0 Å². The third kappa shape index (κ3) is 75.4. The van der Waals surface area contributed by atoms with Gasteiger partial charge in [-0.2, -0.15) is 0 Å². The summed E-state index contributed by atoms with van der Waals surface area (Å²) in [6.45, 7) is 4.50. The van der Waals surface area contributed by atoms with Gasteiger partial charge in [-0.1, -0.05) is 309 Å². The highest BCUT2D eigenvalue weighted by molar-refractivity contribution is 7.47. The Hall–Kier alpha value is -4.80. The molecule has 0 aromatic rings. The van der Waals surface area contributed by atoms with E-state index in [4.69, 9.17) is 37.0 Å². The lowest BCUT2D eigenvalue weighted by Gasteiger charge is -2.21. The molecule has 5 atom stereocenters. The molecule has 0 saturated heterocycles. The van der Waals surface area contributed by atoms with E-state index in [1.165, 1.54) is 83.5 Å². The molecule has 0 bridgehead atoms. The molecule has 17 nitrogen and oxygen atoms in total. The van der Waals surface area contributed by atoms with Gasteiger partial charge in [0.1, 0.15) is 19.3 Å². The highest BCUT2D eigenvalue weighted by Crippen LogP contribution is 2.45. The van der Waals surface area contributed by atoms with Gasteiger partial charge in [0.05, 0.1) is 32.8 Å². The van der Waals surface area contributed by atoms with Crippen LogP contribution in [0.1, 0.15) is 323 Å². The first-order valence-electron chi connectivity index (χ1n) is 40.4. The van der Waals surface area contributed by atoms with Crippen molar-refractivity contribution in [1.29, 1.82) is 0 Å². The van der Waals surface area contributed by atoms with E-state index in [-0.39, 0.29) is 25.7 Å². The number of carbonyl (C=O) groups excluding carboxylic acids is 4. The summed E-state index contributed by atoms with van der Waals surface area (Å²) in [6.07, 6.45) is 86.0. The van der Waals surface area contributed by atoms with Crippen LogP contribution in [0, 0.1) is 0 Å². The maximum atomic E-state index is 13.1. The number of hydrogen-bond donors (Lipinski definition) is 3. The summed E-state index contributed by atoms with van der Waals surface area (Å²) in [5, 5.41) is 10.6. The Bertz CT molecular complexity index is 2490. The zero-order chi connectivity index (χ0) is 76.0. The molecule has 19 heteroatoms. The minimum absolute atomic E-state index is 0.0571. The lowest BCUT2D eigenvalue weighted by molar-refractivity contribution is -0.161. The number of hydrogen-bond acceptors (Lipinski definition) is 15. The summed E-state index contributed by atoms with van der Waals surface area (Å²) >= 11 is 0. The quantitative estimate of drug-likeness (QED) is 0.0169. The molecule has 0 amide bonds. The molecule has 0 aliphatic heterocycles. The van der Waals surface area contributed by atoms with Gasteiger partial charge < -0.3 is 33.8 Å². The summed E-state index contributed by atoms with van der Waals surface area (Å²) < 4.78 is 68.5. The van der Waals surface area contributed by atoms with Crippen LogP contribution in [0.2, 0.25) is 0 Å². The number of rotatable bonds is 75. The number of aliphatic hydroxyl groups is 1. The predicted molar refractivity (Wildman–Crippen MR) is 427 cm³/mol. The number of esters is 4. The minimum atomic E-state index is -5.00. The van der Waals surface area contributed by atoms with Gasteiger partial charge in [0.2, 0.25) is 0 Å². The van der Waals surface area contributed by atoms with E-state index in [1.54, 1.807) is 6.08 Å². The Labute approximate surface area is 631 Å². The van der Waals surface area contributed by atoms with Crippen molar-refractivity contribution < 1.29 is 80.2 Å². The molecule has 0 spiro atoms. The van der Waals surface area contributed by atoms with Crippen LogP contribution in [-0.2, 0) is 65.4 Å². The Balaban J connectivity index is 5.43. The molecular weight excluding hydrogens is 1350 g/mol. The van der Waals surface area contributed by atoms with E-state index in [9.17, 15) is 43.2 Å². The molecule has 0 saturated carbocycles. The molecule has 3 N–H and O–H groups in total. The van der Waals surface area contributed by atoms with Gasteiger partial charge in [-0.25, -0.2) is 9.13 Å². The fourth-order valence-corrected chi connectivity index (χ4v) is 12.1. The number of aliphatic hydroxyl groups excluding tert-OH is 1. The highest BCUT2D eigenvalue weighted by atomic mass is 31.2. The maximum absolute atomic E-state index is 13.1. The van der Waals surface area contributed by atoms with Crippen LogP contribution in [0.5, 0.6) is 0 Å². The zero-order valence-corrected chi connectivity index (χ0v) is 66.9. The predicted octanol–water partition coefficient (Wildman–Crippen LogP) is 23.7. The van der Waals surface area contributed by atoms with Crippen molar-refractivity contribution >= 4 is 39.5 Å². The molecule has 596 valence electrons. The summed E-state index contributed by atoms with van der Waals surface area (Å²) in [5.74, 6) is -2.35. The number of carbonyl (C=O) groups is 4. The van der Waals surface area contributed by atoms with E-state index < -0.39 is 97.5 Å². The van der Waals surface area contributed by atoms with Crippen LogP contribution >= 0.6 is 15.6 Å². The summed E-state index contributed by atoms with van der Waals surface area (Å²) in [7, 11) is -9.99. The van der Waals surface area contributed by atoms with Gasteiger partial charge in [0, 0.05) is 19.3 Å². The highest BCUT2D eigenvalue weighted by Gasteiger charge is 2.30. The van der Waals surface area contributed by atoms with Crippen LogP contribution < -0.4 is 0 Å². The minimum Gasteiger partial charge on any atom is -0.462 e. The van der Waals surface area contributed by atoms with E-state index >= 15 is 0 Å². The maximum Gasteiger partial charge on any atom is 0.472 e. The van der Waals surface area contributed by atoms with Gasteiger partial charge >= 0.3 is 39.5 Å². The second-order valence-electron chi connectivity index (χ2n) is 26.6. The standard InChI is InChI=1S/C85H144O17P2/c1-5-9-13-17-21-25-29-33-37-38-39-40-44-46-50-54-58-62-66-70-83(88)96-76-81(102-85(90)72-68-64-60-56-52-48-43-36-32-28-24-20-16-12-8-4)78-100-104(93,94)98-74-79(86)73-97-103(91,92)99-77-80(101-84(89)71-67-63-59-55-51-47-42-35-31-27-23-19-15-11-7-3)75-95-82(87)69-65-61-57-53-49-45-41-34-30-26-22-18-14-10-6-2/h9-10,13-14,21-23,25-27,33-35,37,39-42,49,53,61,65,79-81,86H,5-8,11-12,15-20,24,28-32,36,38,43-48,50-52,54-60,62-64,66-78H2,1-4H3,(H,91,92)(H,93,94)/b13-9-,14-10-,25-21-,26-22-,27-23-,37-33-,40-39-,41-34-,42-35-,53-49-,65-61-. The Morgan fingerprint density at radius 2 is 0.538 bits per heavy atom. The molecule has 0 aliphatic carbocycles. The average Bonchev–Trinajstić information content (AvgIpc) is 0.912. The molecule has 0 aromatic heterocycles. The third-order valence-corrected chi connectivity index (χ3v) is 18.5. The number of phosphoric ester groups is 2. The molecule has 0 aliphatic rings. The average molecular weight is 1500 g/mol. The Morgan fingerprint density at radius 3 is 0.875 bits per heavy atom. The van der Waals surface area contributed by atoms with E-state index in [0.29, 0.717) is 25.7 Å². The second kappa shape index (κ2) is 76.4. The Morgan fingerprint density at radius 1 is 0.288 bits per heavy atom. The first kappa shape index (κ1) is 99.2. The van der Waals surface area contributed by atoms with Crippen molar-refractivity contribution in [3.63, 3.8) is 0 Å². The topological polar surface area (TPSA) is 237 Å². The fraction of sp³-hybridized carbons (Fsp3) is 0.694. The monoisotopic (exact) mass is 1500 g/mol. The number of phosphoric acid groups is 2. The largest absolute Gasteiger partial charge is 0.472 e. The lowest BCUT2D eigenvalue weighted by atomic mass is 10.0. The first-order chi connectivity index (χ1) is 50.7. The van der Waals surface area contributed by atoms with Gasteiger partial charge in [-0.3, -0.25) is 37.3 Å². The molecular formula is C85H144O17P2. The Kier molecular flexibility index (Phi) is 72.9. The summed E-state index contributed by atoms with van der Waals surface area (Å²) in [5.41, 5.74) is 0. The number of allylic oxidation sites excluding steroid dienone is 21. The van der Waals surface area contributed by atoms with Gasteiger partial charge in [-0.15, -0.1) is 0 Å². The number of ether oxygens (including phenoxy) is 4. The first-order valence-corrected chi connectivity index (χ1v) is 43.4. The molecule has 0 rings (SSSR count). The van der Waals surface area contributed by atoms with E-state index in [1.807, 2.05) is 18.2 Å². The van der Waals surface area contributed by atoms with E-state index in [2.05, 4.69) is 137 Å². The summed E-state index contributed by atoms with van der Waals surface area (Å²) in [6, 6.07) is 0. The fourth-order valence-electron chi connectivity index (χ4n) is 10.6. The second-order valence-corrected chi connectivity index (χ2v) is 29.5. The van der Waals surface area contributed by atoms with Gasteiger partial charge in [0.15, 0.2) is 12.2 Å². The van der Waals surface area contributed by atoms with Crippen molar-refractivity contribution in [3.05, 3.63) is 134 Å². The van der Waals surface area contributed by atoms with Crippen molar-refractivity contribution in [1.82, 2.24) is 0 Å². The third-order valence-electron chi connectivity index (χ3n) is 16.6. The van der Waals surface area contributed by atoms with Crippen molar-refractivity contribution in [2.45, 2.75) is 341 Å². The molecule has 104 heavy (non-hydrogen) atoms. The lowest BCUT2D eigenvalue weighted by Crippen LogP contribution is -2.30. The molecule has 5 unspecified atom stereocenters. The normalized spacial score (nSPS) is 14.6. The SMILES string of the molecule is CC/C=C\C/C=C\C/C=C\C/C=C\C/C=C\CC(=O)OCC(COP(=O)(O)OCC(O)COP(=O)(O)OCC(COC(=O)CCCCCCCC/C=C\C/C=C\C/C=C\C/C=C\CC)OC(=O)CCCCCCCCCCCCCCCCC)OC(=O)CCCCCCC/C=C\C/C=C\CCCCC. The molecule has 0 heterocycles. The van der Waals surface area contributed by atoms with Crippen LogP contribution in [0.3, 0.4) is 0 Å². The van der Waals surface area contributed by atoms with Crippen LogP contribution in [0.15, 0.2) is 134 Å². The van der Waals surface area contributed by atoms with Gasteiger partial charge in [0.25, 0.3) is 0 Å².